The van der Waals surface area contributed by atoms with Gasteiger partial charge in [-0.15, -0.1) is 0 Å². The van der Waals surface area contributed by atoms with E-state index in [-0.39, 0.29) is 21.2 Å². The normalized spacial score (nSPS) is 12.7. The van der Waals surface area contributed by atoms with E-state index in [9.17, 15) is 12.8 Å². The first-order valence-electron chi connectivity index (χ1n) is 6.59. The molecule has 0 saturated heterocycles. The van der Waals surface area contributed by atoms with Gasteiger partial charge in [0.15, 0.2) is 0 Å². The van der Waals surface area contributed by atoms with Crippen LogP contribution in [0.5, 0.6) is 0 Å². The molecule has 0 aromatic heterocycles. The minimum atomic E-state index is -3.66. The Hall–Kier alpha value is -0.460. The monoisotopic (exact) mass is 365 g/mol. The number of hydrogen-bond acceptors (Lipinski definition) is 2. The second-order valence-electron chi connectivity index (χ2n) is 5.69. The van der Waals surface area contributed by atoms with Crippen LogP contribution in [-0.2, 0) is 10.0 Å². The zero-order valence-corrected chi connectivity index (χ0v) is 14.6. The summed E-state index contributed by atoms with van der Waals surface area (Å²) >= 11 is 3.03. The lowest BCUT2D eigenvalue weighted by Gasteiger charge is -2.25. The molecule has 3 nitrogen and oxygen atoms in total. The molecule has 0 heterocycles. The van der Waals surface area contributed by atoms with Gasteiger partial charge in [0.25, 0.3) is 0 Å². The number of rotatable bonds is 6. The van der Waals surface area contributed by atoms with E-state index in [1.54, 1.807) is 0 Å². The van der Waals surface area contributed by atoms with Crippen molar-refractivity contribution in [3.63, 3.8) is 0 Å². The lowest BCUT2D eigenvalue weighted by molar-refractivity contribution is 0.333. The fourth-order valence-electron chi connectivity index (χ4n) is 1.87. The average molecular weight is 366 g/mol. The van der Waals surface area contributed by atoms with Gasteiger partial charge in [0.1, 0.15) is 5.82 Å². The number of halogens is 2. The van der Waals surface area contributed by atoms with Crippen molar-refractivity contribution in [3.8, 4) is 0 Å². The number of nitrogens with zero attached hydrogens (tertiary/aromatic N) is 1. The highest BCUT2D eigenvalue weighted by Crippen LogP contribution is 2.23. The molecule has 1 aromatic rings. The molecule has 0 saturated carbocycles. The van der Waals surface area contributed by atoms with Crippen LogP contribution in [0.25, 0.3) is 0 Å². The summed E-state index contributed by atoms with van der Waals surface area (Å²) < 4.78 is 40.5. The van der Waals surface area contributed by atoms with Gasteiger partial charge in [-0.2, -0.15) is 4.31 Å². The fraction of sp³-hybridized carbons (Fsp3) is 0.571. The van der Waals surface area contributed by atoms with Gasteiger partial charge in [0, 0.05) is 13.1 Å². The first kappa shape index (κ1) is 17.6. The van der Waals surface area contributed by atoms with E-state index in [1.165, 1.54) is 16.4 Å². The van der Waals surface area contributed by atoms with E-state index in [0.29, 0.717) is 13.1 Å². The summed E-state index contributed by atoms with van der Waals surface area (Å²) in [5.41, 5.74) is 0. The van der Waals surface area contributed by atoms with Crippen molar-refractivity contribution in [1.29, 1.82) is 0 Å². The predicted octanol–water partition coefficient (Wildman–Crippen LogP) is 3.89. The molecule has 20 heavy (non-hydrogen) atoms. The Morgan fingerprint density at radius 2 is 1.65 bits per heavy atom. The maximum absolute atomic E-state index is 13.6. The van der Waals surface area contributed by atoms with E-state index >= 15 is 0 Å². The Labute approximate surface area is 129 Å². The van der Waals surface area contributed by atoms with Crippen LogP contribution in [0.15, 0.2) is 27.6 Å². The van der Waals surface area contributed by atoms with Gasteiger partial charge >= 0.3 is 0 Å². The predicted molar refractivity (Wildman–Crippen MR) is 82.5 cm³/mol. The highest BCUT2D eigenvalue weighted by molar-refractivity contribution is 9.10. The molecule has 114 valence electrons. The molecule has 0 aliphatic heterocycles. The summed E-state index contributed by atoms with van der Waals surface area (Å²) in [6.07, 6.45) is 0. The second-order valence-corrected chi connectivity index (χ2v) is 8.48. The Balaban J connectivity index is 3.17. The van der Waals surface area contributed by atoms with Crippen molar-refractivity contribution in [1.82, 2.24) is 4.31 Å². The molecule has 0 radical (unpaired) electrons. The molecule has 0 N–H and O–H groups in total. The summed E-state index contributed by atoms with van der Waals surface area (Å²) in [6, 6.07) is 3.91. The number of benzene rings is 1. The number of hydrogen-bond donors (Lipinski definition) is 0. The van der Waals surface area contributed by atoms with Gasteiger partial charge < -0.3 is 0 Å². The third kappa shape index (κ3) is 4.53. The Morgan fingerprint density at radius 1 is 1.15 bits per heavy atom. The smallest absolute Gasteiger partial charge is 0.207 e. The van der Waals surface area contributed by atoms with Gasteiger partial charge in [0.2, 0.25) is 10.0 Å². The summed E-state index contributed by atoms with van der Waals surface area (Å²) in [5, 5.41) is 0. The van der Waals surface area contributed by atoms with Gasteiger partial charge in [0.05, 0.1) is 9.37 Å². The maximum Gasteiger partial charge on any atom is 0.243 e. The van der Waals surface area contributed by atoms with Crippen LogP contribution < -0.4 is 0 Å². The van der Waals surface area contributed by atoms with Crippen molar-refractivity contribution in [3.05, 3.63) is 28.5 Å². The van der Waals surface area contributed by atoms with E-state index in [4.69, 9.17) is 0 Å². The quantitative estimate of drug-likeness (QED) is 0.766. The Bertz CT molecular complexity index is 548. The average Bonchev–Trinajstić information content (AvgIpc) is 2.30. The summed E-state index contributed by atoms with van der Waals surface area (Å²) in [5.74, 6) is -0.146. The molecule has 0 spiro atoms. The van der Waals surface area contributed by atoms with Crippen molar-refractivity contribution in [2.45, 2.75) is 32.6 Å². The van der Waals surface area contributed by atoms with Crippen molar-refractivity contribution in [2.75, 3.05) is 13.1 Å². The fourth-order valence-corrected chi connectivity index (χ4v) is 3.90. The zero-order chi connectivity index (χ0) is 15.5. The lowest BCUT2D eigenvalue weighted by atomic mass is 10.2. The first-order chi connectivity index (χ1) is 9.14. The van der Waals surface area contributed by atoms with Gasteiger partial charge in [-0.1, -0.05) is 27.7 Å². The van der Waals surface area contributed by atoms with E-state index < -0.39 is 15.8 Å². The first-order valence-corrected chi connectivity index (χ1v) is 8.83. The highest BCUT2D eigenvalue weighted by Gasteiger charge is 2.26. The van der Waals surface area contributed by atoms with Crippen LogP contribution >= 0.6 is 15.9 Å². The van der Waals surface area contributed by atoms with E-state index in [0.717, 1.165) is 6.07 Å². The van der Waals surface area contributed by atoms with E-state index in [2.05, 4.69) is 15.9 Å². The van der Waals surface area contributed by atoms with Crippen LogP contribution in [0.2, 0.25) is 0 Å². The minimum absolute atomic E-state index is 0.000463. The molecule has 0 atom stereocenters. The van der Waals surface area contributed by atoms with Gasteiger partial charge in [-0.25, -0.2) is 12.8 Å². The largest absolute Gasteiger partial charge is 0.243 e. The Morgan fingerprint density at radius 3 is 2.05 bits per heavy atom. The zero-order valence-electron chi connectivity index (χ0n) is 12.2. The molecule has 0 amide bonds. The maximum atomic E-state index is 13.6. The van der Waals surface area contributed by atoms with Crippen molar-refractivity contribution < 1.29 is 12.8 Å². The van der Waals surface area contributed by atoms with Crippen molar-refractivity contribution in [2.24, 2.45) is 11.8 Å². The second kappa shape index (κ2) is 7.00. The molecular formula is C14H21BrFNO2S. The molecular weight excluding hydrogens is 345 g/mol. The minimum Gasteiger partial charge on any atom is -0.207 e. The molecule has 6 heteroatoms. The molecule has 0 aliphatic rings. The van der Waals surface area contributed by atoms with E-state index in [1.807, 2.05) is 27.7 Å². The van der Waals surface area contributed by atoms with Crippen LogP contribution in [-0.4, -0.2) is 25.8 Å². The van der Waals surface area contributed by atoms with Crippen LogP contribution in [0, 0.1) is 17.7 Å². The lowest BCUT2D eigenvalue weighted by Crippen LogP contribution is -2.37. The molecule has 1 aromatic carbocycles. The third-order valence-electron chi connectivity index (χ3n) is 2.67. The standard InChI is InChI=1S/C14H21BrFNO2S/c1-10(2)8-17(9-11(3)4)20(18,19)12-5-6-13(15)14(16)7-12/h5-7,10-11H,8-9H2,1-4H3. The Kier molecular flexibility index (Phi) is 6.16. The van der Waals surface area contributed by atoms with Gasteiger partial charge in [-0.05, 0) is 46.0 Å². The SMILES string of the molecule is CC(C)CN(CC(C)C)S(=O)(=O)c1ccc(Br)c(F)c1. The topological polar surface area (TPSA) is 37.4 Å². The highest BCUT2D eigenvalue weighted by atomic mass is 79.9. The molecule has 0 aliphatic carbocycles. The molecule has 1 rings (SSSR count). The number of sulfonamides is 1. The van der Waals surface area contributed by atoms with Crippen LogP contribution in [0.1, 0.15) is 27.7 Å². The summed E-state index contributed by atoms with van der Waals surface area (Å²) in [6.45, 7) is 8.71. The summed E-state index contributed by atoms with van der Waals surface area (Å²) in [4.78, 5) is -0.000463. The molecule has 0 bridgehead atoms. The van der Waals surface area contributed by atoms with Crippen LogP contribution in [0.3, 0.4) is 0 Å². The summed E-state index contributed by atoms with van der Waals surface area (Å²) in [7, 11) is -3.66. The third-order valence-corrected chi connectivity index (χ3v) is 5.14. The van der Waals surface area contributed by atoms with Gasteiger partial charge in [-0.3, -0.25) is 0 Å². The van der Waals surface area contributed by atoms with Crippen LogP contribution in [0.4, 0.5) is 4.39 Å². The molecule has 0 unspecified atom stereocenters. The molecule has 0 fully saturated rings. The van der Waals surface area contributed by atoms with Crippen molar-refractivity contribution >= 4 is 26.0 Å².